The van der Waals surface area contributed by atoms with Gasteiger partial charge in [0.25, 0.3) is 5.91 Å². The number of nitrogens with one attached hydrogen (secondary N) is 1. The molecule has 4 aromatic heterocycles. The van der Waals surface area contributed by atoms with Crippen LogP contribution in [0.2, 0.25) is 0 Å². The normalized spacial score (nSPS) is 19.1. The predicted octanol–water partition coefficient (Wildman–Crippen LogP) is 3.45. The Morgan fingerprint density at radius 2 is 2.00 bits per heavy atom. The summed E-state index contributed by atoms with van der Waals surface area (Å²) in [6.45, 7) is 0.587. The maximum atomic E-state index is 13.6. The molecule has 8 heteroatoms. The number of aromatic amines is 1. The molecule has 1 N–H and O–H groups in total. The summed E-state index contributed by atoms with van der Waals surface area (Å²) in [7, 11) is 0. The van der Waals surface area contributed by atoms with Gasteiger partial charge in [0.1, 0.15) is 11.6 Å². The molecule has 1 unspecified atom stereocenters. The van der Waals surface area contributed by atoms with Gasteiger partial charge in [-0.2, -0.15) is 0 Å². The maximum absolute atomic E-state index is 13.6. The highest BCUT2D eigenvalue weighted by atomic mass is 16.2. The summed E-state index contributed by atoms with van der Waals surface area (Å²) in [5.74, 6) is -0.0749. The third-order valence-electron chi connectivity index (χ3n) is 6.53. The summed E-state index contributed by atoms with van der Waals surface area (Å²) in [4.78, 5) is 36.9. The highest BCUT2D eigenvalue weighted by Crippen LogP contribution is 2.34. The van der Waals surface area contributed by atoms with Crippen LogP contribution in [0.4, 0.5) is 0 Å². The quantitative estimate of drug-likeness (QED) is 0.555. The molecule has 0 saturated heterocycles. The number of H-pyrrole nitrogens is 1. The average Bonchev–Trinajstić information content (AvgIpc) is 3.58. The van der Waals surface area contributed by atoms with Crippen LogP contribution >= 0.6 is 0 Å². The average molecular weight is 413 g/mol. The van der Waals surface area contributed by atoms with E-state index in [2.05, 4.69) is 29.5 Å². The van der Waals surface area contributed by atoms with Crippen molar-refractivity contribution in [3.05, 3.63) is 72.0 Å². The first-order valence-corrected chi connectivity index (χ1v) is 10.9. The van der Waals surface area contributed by atoms with Crippen molar-refractivity contribution in [2.45, 2.75) is 44.2 Å². The molecule has 1 fully saturated rings. The van der Waals surface area contributed by atoms with E-state index in [0.29, 0.717) is 18.2 Å². The minimum Gasteiger partial charge on any atom is -0.348 e. The van der Waals surface area contributed by atoms with Crippen LogP contribution in [0.5, 0.6) is 0 Å². The Bertz CT molecular complexity index is 1240. The topological polar surface area (TPSA) is 92.6 Å². The summed E-state index contributed by atoms with van der Waals surface area (Å²) in [6.07, 6.45) is 12.6. The van der Waals surface area contributed by atoms with Gasteiger partial charge >= 0.3 is 0 Å². The number of amides is 1. The van der Waals surface area contributed by atoms with Crippen molar-refractivity contribution in [2.24, 2.45) is 0 Å². The molecule has 0 spiro atoms. The molecular formula is C23H23N7O. The van der Waals surface area contributed by atoms with Crippen LogP contribution in [0.3, 0.4) is 0 Å². The van der Waals surface area contributed by atoms with Gasteiger partial charge in [-0.3, -0.25) is 9.78 Å². The Balaban J connectivity index is 1.37. The van der Waals surface area contributed by atoms with E-state index < -0.39 is 0 Å². The number of carbonyl (C=O) groups excluding carboxylic acids is 1. The third kappa shape index (κ3) is 3.01. The van der Waals surface area contributed by atoms with Gasteiger partial charge in [-0.15, -0.1) is 0 Å². The third-order valence-corrected chi connectivity index (χ3v) is 6.53. The zero-order valence-corrected chi connectivity index (χ0v) is 17.1. The molecule has 2 aliphatic rings. The molecule has 0 aromatic carbocycles. The van der Waals surface area contributed by atoms with Crippen LogP contribution in [-0.4, -0.2) is 46.8 Å². The van der Waals surface area contributed by atoms with E-state index >= 15 is 0 Å². The summed E-state index contributed by atoms with van der Waals surface area (Å²) in [6, 6.07) is 7.77. The van der Waals surface area contributed by atoms with Crippen molar-refractivity contribution in [3.63, 3.8) is 0 Å². The molecule has 1 aliphatic heterocycles. The van der Waals surface area contributed by atoms with Crippen molar-refractivity contribution in [3.8, 4) is 0 Å². The van der Waals surface area contributed by atoms with Gasteiger partial charge in [0.2, 0.25) is 0 Å². The van der Waals surface area contributed by atoms with Crippen molar-refractivity contribution < 1.29 is 4.79 Å². The Kier molecular flexibility index (Phi) is 4.29. The Morgan fingerprint density at radius 3 is 2.84 bits per heavy atom. The van der Waals surface area contributed by atoms with Crippen LogP contribution in [0, 0.1) is 0 Å². The number of aromatic nitrogens is 6. The monoisotopic (exact) mass is 413 g/mol. The minimum atomic E-state index is -0.324. The standard InChI is InChI=1S/C23H23N7O/c31-23(15-11-19-22(25-12-15)30(14-28-19)16-5-1-2-6-16)29-10-8-17-20(27-13-26-17)21(29)18-7-3-4-9-24-18/h3-4,7,9,11-14,16,21H,1-2,5-6,8,10H2,(H,26,27). The lowest BCUT2D eigenvalue weighted by Crippen LogP contribution is -2.41. The van der Waals surface area contributed by atoms with E-state index in [1.54, 1.807) is 18.7 Å². The van der Waals surface area contributed by atoms with Gasteiger partial charge in [0, 0.05) is 37.1 Å². The second-order valence-corrected chi connectivity index (χ2v) is 8.33. The Morgan fingerprint density at radius 1 is 1.10 bits per heavy atom. The minimum absolute atomic E-state index is 0.0749. The van der Waals surface area contributed by atoms with E-state index in [1.165, 1.54) is 25.7 Å². The lowest BCUT2D eigenvalue weighted by molar-refractivity contribution is 0.0687. The highest BCUT2D eigenvalue weighted by molar-refractivity contribution is 5.97. The van der Waals surface area contributed by atoms with Gasteiger partial charge in [0.05, 0.1) is 29.6 Å². The first-order valence-electron chi connectivity index (χ1n) is 10.9. The highest BCUT2D eigenvalue weighted by Gasteiger charge is 2.35. The zero-order valence-electron chi connectivity index (χ0n) is 17.1. The molecule has 6 rings (SSSR count). The molecule has 1 amide bonds. The first kappa shape index (κ1) is 18.2. The molecular weight excluding hydrogens is 390 g/mol. The van der Waals surface area contributed by atoms with Crippen LogP contribution in [0.15, 0.2) is 49.3 Å². The van der Waals surface area contributed by atoms with Crippen molar-refractivity contribution in [1.29, 1.82) is 0 Å². The molecule has 4 aromatic rings. The van der Waals surface area contributed by atoms with E-state index in [0.717, 1.165) is 34.7 Å². The van der Waals surface area contributed by atoms with Crippen LogP contribution in [0.25, 0.3) is 11.2 Å². The molecule has 1 saturated carbocycles. The van der Waals surface area contributed by atoms with Gasteiger partial charge < -0.3 is 14.5 Å². The van der Waals surface area contributed by atoms with Crippen molar-refractivity contribution in [1.82, 2.24) is 34.4 Å². The molecule has 5 heterocycles. The SMILES string of the molecule is O=C(c1cnc2c(c1)ncn2C1CCCC1)N1CCc2[nH]cnc2C1c1ccccn1. The molecule has 156 valence electrons. The van der Waals surface area contributed by atoms with Crippen molar-refractivity contribution in [2.75, 3.05) is 6.54 Å². The summed E-state index contributed by atoms with van der Waals surface area (Å²) in [5, 5.41) is 0. The van der Waals surface area contributed by atoms with Gasteiger partial charge in [-0.1, -0.05) is 18.9 Å². The number of hydrogen-bond donors (Lipinski definition) is 1. The fourth-order valence-electron chi connectivity index (χ4n) is 4.98. The largest absolute Gasteiger partial charge is 0.348 e. The fraction of sp³-hybridized carbons (Fsp3) is 0.348. The molecule has 0 bridgehead atoms. The Labute approximate surface area is 179 Å². The maximum Gasteiger partial charge on any atom is 0.256 e. The van der Waals surface area contributed by atoms with Gasteiger partial charge in [0.15, 0.2) is 5.65 Å². The lowest BCUT2D eigenvalue weighted by Gasteiger charge is -2.34. The van der Waals surface area contributed by atoms with Crippen LogP contribution < -0.4 is 0 Å². The number of hydrogen-bond acceptors (Lipinski definition) is 5. The number of pyridine rings is 2. The lowest BCUT2D eigenvalue weighted by atomic mass is 9.98. The summed E-state index contributed by atoms with van der Waals surface area (Å²) in [5.41, 5.74) is 4.90. The second-order valence-electron chi connectivity index (χ2n) is 8.33. The summed E-state index contributed by atoms with van der Waals surface area (Å²) >= 11 is 0. The van der Waals surface area contributed by atoms with Crippen LogP contribution in [0.1, 0.15) is 65.2 Å². The molecule has 31 heavy (non-hydrogen) atoms. The van der Waals surface area contributed by atoms with Crippen LogP contribution in [-0.2, 0) is 6.42 Å². The van der Waals surface area contributed by atoms with E-state index in [4.69, 9.17) is 0 Å². The number of carbonyl (C=O) groups is 1. The van der Waals surface area contributed by atoms with E-state index in [-0.39, 0.29) is 11.9 Å². The second kappa shape index (κ2) is 7.30. The molecule has 1 aliphatic carbocycles. The van der Waals surface area contributed by atoms with Crippen molar-refractivity contribution >= 4 is 17.1 Å². The Hall–Kier alpha value is -3.55. The van der Waals surface area contributed by atoms with Gasteiger partial charge in [-0.25, -0.2) is 15.0 Å². The smallest absolute Gasteiger partial charge is 0.256 e. The molecule has 0 radical (unpaired) electrons. The number of nitrogens with zero attached hydrogens (tertiary/aromatic N) is 6. The predicted molar refractivity (Wildman–Crippen MR) is 114 cm³/mol. The number of fused-ring (bicyclic) bond motifs is 2. The number of rotatable bonds is 3. The summed E-state index contributed by atoms with van der Waals surface area (Å²) < 4.78 is 2.17. The number of imidazole rings is 2. The zero-order chi connectivity index (χ0) is 20.8. The van der Waals surface area contributed by atoms with E-state index in [1.807, 2.05) is 35.5 Å². The van der Waals surface area contributed by atoms with Gasteiger partial charge in [-0.05, 0) is 31.0 Å². The first-order chi connectivity index (χ1) is 15.3. The fourth-order valence-corrected chi connectivity index (χ4v) is 4.98. The molecule has 1 atom stereocenters. The van der Waals surface area contributed by atoms with E-state index in [9.17, 15) is 4.79 Å². The molecule has 8 nitrogen and oxygen atoms in total.